The number of hydrogen-bond acceptors (Lipinski definition) is 3. The Morgan fingerprint density at radius 1 is 1.10 bits per heavy atom. The average Bonchev–Trinajstić information content (AvgIpc) is 2.54. The van der Waals surface area contributed by atoms with E-state index in [1.807, 2.05) is 54.6 Å². The summed E-state index contributed by atoms with van der Waals surface area (Å²) in [7, 11) is 0. The van der Waals surface area contributed by atoms with E-state index in [9.17, 15) is 0 Å². The van der Waals surface area contributed by atoms with E-state index in [1.54, 1.807) is 0 Å². The van der Waals surface area contributed by atoms with Crippen molar-refractivity contribution >= 4 is 22.5 Å². The van der Waals surface area contributed by atoms with Crippen LogP contribution in [0.2, 0.25) is 0 Å². The van der Waals surface area contributed by atoms with E-state index in [1.165, 1.54) is 0 Å². The minimum Gasteiger partial charge on any atom is -0.494 e. The minimum absolute atomic E-state index is 0.416. The fourth-order valence-corrected chi connectivity index (χ4v) is 1.88. The van der Waals surface area contributed by atoms with Gasteiger partial charge in [-0.15, -0.1) is 0 Å². The third-order valence-electron chi connectivity index (χ3n) is 2.92. The van der Waals surface area contributed by atoms with Crippen molar-refractivity contribution < 1.29 is 4.74 Å². The number of anilines is 1. The zero-order valence-electron chi connectivity index (χ0n) is 12.1. The highest BCUT2D eigenvalue weighted by Crippen LogP contribution is 2.15. The number of hydrazone groups is 1. The van der Waals surface area contributed by atoms with Gasteiger partial charge in [0.1, 0.15) is 5.75 Å². The van der Waals surface area contributed by atoms with Gasteiger partial charge in [0.15, 0.2) is 5.17 Å². The predicted molar refractivity (Wildman–Crippen MR) is 89.3 cm³/mol. The van der Waals surface area contributed by atoms with Crippen molar-refractivity contribution in [1.29, 1.82) is 0 Å². The molecule has 2 aromatic carbocycles. The van der Waals surface area contributed by atoms with Crippen LogP contribution in [0.25, 0.3) is 0 Å². The third-order valence-corrected chi connectivity index (χ3v) is 3.22. The van der Waals surface area contributed by atoms with E-state index in [4.69, 9.17) is 16.3 Å². The van der Waals surface area contributed by atoms with Crippen LogP contribution >= 0.6 is 11.6 Å². The summed E-state index contributed by atoms with van der Waals surface area (Å²) in [5.41, 5.74) is 4.67. The van der Waals surface area contributed by atoms with Crippen molar-refractivity contribution in [3.63, 3.8) is 0 Å². The van der Waals surface area contributed by atoms with Crippen LogP contribution in [-0.4, -0.2) is 11.8 Å². The summed E-state index contributed by atoms with van der Waals surface area (Å²) in [5, 5.41) is 4.58. The lowest BCUT2D eigenvalue weighted by Gasteiger charge is -2.06. The summed E-state index contributed by atoms with van der Waals surface area (Å²) in [6.07, 6.45) is 2.19. The molecule has 21 heavy (non-hydrogen) atoms. The van der Waals surface area contributed by atoms with Crippen LogP contribution in [0.15, 0.2) is 59.7 Å². The van der Waals surface area contributed by atoms with Gasteiger partial charge in [-0.25, -0.2) is 0 Å². The number of para-hydroxylation sites is 1. The molecule has 3 nitrogen and oxygen atoms in total. The van der Waals surface area contributed by atoms with Crippen molar-refractivity contribution in [2.24, 2.45) is 5.10 Å². The third kappa shape index (κ3) is 5.12. The van der Waals surface area contributed by atoms with Crippen LogP contribution in [0.1, 0.15) is 25.3 Å². The summed E-state index contributed by atoms with van der Waals surface area (Å²) in [4.78, 5) is 0. The van der Waals surface area contributed by atoms with Crippen LogP contribution < -0.4 is 10.2 Å². The van der Waals surface area contributed by atoms with Gasteiger partial charge in [-0.3, -0.25) is 5.43 Å². The molecule has 2 rings (SSSR count). The number of ether oxygens (including phenoxy) is 1. The van der Waals surface area contributed by atoms with E-state index in [2.05, 4.69) is 17.5 Å². The number of nitrogens with zero attached hydrogens (tertiary/aromatic N) is 1. The first-order chi connectivity index (χ1) is 10.3. The smallest absolute Gasteiger partial charge is 0.156 e. The Labute approximate surface area is 130 Å². The molecule has 1 N–H and O–H groups in total. The van der Waals surface area contributed by atoms with Crippen LogP contribution in [-0.2, 0) is 0 Å². The maximum absolute atomic E-state index is 6.18. The van der Waals surface area contributed by atoms with Gasteiger partial charge in [-0.1, -0.05) is 43.1 Å². The highest BCUT2D eigenvalue weighted by atomic mass is 35.5. The molecule has 4 heteroatoms. The first-order valence-corrected chi connectivity index (χ1v) is 7.45. The summed E-state index contributed by atoms with van der Waals surface area (Å²) in [5.74, 6) is 0.854. The highest BCUT2D eigenvalue weighted by Gasteiger charge is 2.01. The van der Waals surface area contributed by atoms with Crippen LogP contribution in [0.3, 0.4) is 0 Å². The number of benzene rings is 2. The van der Waals surface area contributed by atoms with Gasteiger partial charge >= 0.3 is 0 Å². The molecule has 0 spiro atoms. The van der Waals surface area contributed by atoms with Gasteiger partial charge in [0.2, 0.25) is 0 Å². The molecule has 0 bridgehead atoms. The molecule has 0 radical (unpaired) electrons. The maximum Gasteiger partial charge on any atom is 0.156 e. The normalized spacial score (nSPS) is 11.2. The molecule has 0 heterocycles. The lowest BCUT2D eigenvalue weighted by atomic mass is 10.2. The zero-order valence-corrected chi connectivity index (χ0v) is 12.8. The molecule has 0 aliphatic carbocycles. The molecule has 0 saturated heterocycles. The standard InChI is InChI=1S/C17H19ClN2O/c1-2-3-13-21-16-11-9-14(10-12-16)17(18)20-19-15-7-5-4-6-8-15/h4-12,19H,2-3,13H2,1H3/b20-17+. The maximum atomic E-state index is 6.18. The second kappa shape index (κ2) is 8.32. The van der Waals surface area contributed by atoms with Crippen molar-refractivity contribution in [1.82, 2.24) is 0 Å². The average molecular weight is 303 g/mol. The van der Waals surface area contributed by atoms with Gasteiger partial charge in [-0.05, 0) is 42.8 Å². The second-order valence-electron chi connectivity index (χ2n) is 4.61. The van der Waals surface area contributed by atoms with Gasteiger partial charge in [0.05, 0.1) is 12.3 Å². The molecule has 0 aromatic heterocycles. The number of rotatable bonds is 7. The van der Waals surface area contributed by atoms with Crippen molar-refractivity contribution in [3.8, 4) is 5.75 Å². The topological polar surface area (TPSA) is 33.6 Å². The summed E-state index contributed by atoms with van der Waals surface area (Å²) in [6, 6.07) is 17.3. The number of nitrogens with one attached hydrogen (secondary N) is 1. The second-order valence-corrected chi connectivity index (χ2v) is 4.96. The van der Waals surface area contributed by atoms with Gasteiger partial charge in [-0.2, -0.15) is 5.10 Å². The predicted octanol–water partition coefficient (Wildman–Crippen LogP) is 4.88. The summed E-state index contributed by atoms with van der Waals surface area (Å²) in [6.45, 7) is 2.88. The molecular weight excluding hydrogens is 284 g/mol. The van der Waals surface area contributed by atoms with E-state index < -0.39 is 0 Å². The van der Waals surface area contributed by atoms with E-state index in [0.717, 1.165) is 36.4 Å². The Morgan fingerprint density at radius 2 is 1.81 bits per heavy atom. The van der Waals surface area contributed by atoms with Gasteiger partial charge in [0.25, 0.3) is 0 Å². The summed E-state index contributed by atoms with van der Waals surface area (Å²) < 4.78 is 5.61. The van der Waals surface area contributed by atoms with Crippen LogP contribution in [0, 0.1) is 0 Å². The van der Waals surface area contributed by atoms with Crippen molar-refractivity contribution in [2.45, 2.75) is 19.8 Å². The molecule has 110 valence electrons. The van der Waals surface area contributed by atoms with Crippen LogP contribution in [0.4, 0.5) is 5.69 Å². The molecule has 0 unspecified atom stereocenters. The molecule has 2 aromatic rings. The van der Waals surface area contributed by atoms with Gasteiger partial charge < -0.3 is 4.74 Å². The first-order valence-electron chi connectivity index (χ1n) is 7.07. The monoisotopic (exact) mass is 302 g/mol. The molecule has 0 amide bonds. The SMILES string of the molecule is CCCCOc1ccc(/C(Cl)=N\Nc2ccccc2)cc1. The lowest BCUT2D eigenvalue weighted by molar-refractivity contribution is 0.309. The number of halogens is 1. The number of hydrogen-bond donors (Lipinski definition) is 1. The highest BCUT2D eigenvalue weighted by molar-refractivity contribution is 6.69. The molecule has 0 aliphatic heterocycles. The fourth-order valence-electron chi connectivity index (χ4n) is 1.71. The molecule has 0 saturated carbocycles. The quantitative estimate of drug-likeness (QED) is 0.449. The Hall–Kier alpha value is -2.00. The number of unbranched alkanes of at least 4 members (excludes halogenated alkanes) is 1. The van der Waals surface area contributed by atoms with Crippen molar-refractivity contribution in [3.05, 3.63) is 60.2 Å². The van der Waals surface area contributed by atoms with E-state index >= 15 is 0 Å². The van der Waals surface area contributed by atoms with Crippen LogP contribution in [0.5, 0.6) is 5.75 Å². The van der Waals surface area contributed by atoms with Gasteiger partial charge in [0, 0.05) is 5.56 Å². The molecule has 0 aliphatic rings. The zero-order chi connectivity index (χ0) is 14.9. The minimum atomic E-state index is 0.416. The Balaban J connectivity index is 1.94. The lowest BCUT2D eigenvalue weighted by Crippen LogP contribution is -1.99. The molecule has 0 fully saturated rings. The summed E-state index contributed by atoms with van der Waals surface area (Å²) >= 11 is 6.18. The Kier molecular flexibility index (Phi) is 6.10. The van der Waals surface area contributed by atoms with Crippen molar-refractivity contribution in [2.75, 3.05) is 12.0 Å². The Morgan fingerprint density at radius 3 is 2.48 bits per heavy atom. The largest absolute Gasteiger partial charge is 0.494 e. The van der Waals surface area contributed by atoms with E-state index in [-0.39, 0.29) is 0 Å². The fraction of sp³-hybridized carbons (Fsp3) is 0.235. The van der Waals surface area contributed by atoms with E-state index in [0.29, 0.717) is 5.17 Å². The Bertz CT molecular complexity index is 567. The molecular formula is C17H19ClN2O. The molecule has 0 atom stereocenters. The first kappa shape index (κ1) is 15.4.